The van der Waals surface area contributed by atoms with Gasteiger partial charge in [0.25, 0.3) is 0 Å². The molecule has 0 unspecified atom stereocenters. The third-order valence-electron chi connectivity index (χ3n) is 16.5. The Balaban J connectivity index is 1.21. The molecule has 0 saturated carbocycles. The molecule has 6 nitrogen and oxygen atoms in total. The van der Waals surface area contributed by atoms with Crippen molar-refractivity contribution in [1.82, 2.24) is 24.1 Å². The number of rotatable bonds is 7. The first-order valence-corrected chi connectivity index (χ1v) is 28.8. The van der Waals surface area contributed by atoms with E-state index >= 15 is 0 Å². The molecule has 82 heavy (non-hydrogen) atoms. The van der Waals surface area contributed by atoms with E-state index in [0.29, 0.717) is 23.0 Å². The molecule has 0 atom stereocenters. The summed E-state index contributed by atoms with van der Waals surface area (Å²) in [7, 11) is 0. The molecule has 0 spiro atoms. The van der Waals surface area contributed by atoms with Gasteiger partial charge in [0.1, 0.15) is 0 Å². The minimum atomic E-state index is -0.130. The molecule has 12 aromatic rings. The summed E-state index contributed by atoms with van der Waals surface area (Å²) >= 11 is 0. The Hall–Kier alpha value is -8.92. The average molecular weight is 1070 g/mol. The third kappa shape index (κ3) is 9.76. The van der Waals surface area contributed by atoms with Crippen molar-refractivity contribution < 1.29 is 0 Å². The minimum Gasteiger partial charge on any atom is -0.309 e. The molecular weight excluding hydrogens is 997 g/mol. The molecule has 0 aliphatic carbocycles. The van der Waals surface area contributed by atoms with Crippen molar-refractivity contribution in [2.45, 2.75) is 119 Å². The van der Waals surface area contributed by atoms with Gasteiger partial charge in [-0.05, 0) is 166 Å². The Morgan fingerprint density at radius 2 is 0.756 bits per heavy atom. The summed E-state index contributed by atoms with van der Waals surface area (Å²) in [5.74, 6) is 1.84. The van der Waals surface area contributed by atoms with Gasteiger partial charge >= 0.3 is 0 Å². The maximum absolute atomic E-state index is 10.1. The highest BCUT2D eigenvalue weighted by molar-refractivity contribution is 6.12. The van der Waals surface area contributed by atoms with Crippen LogP contribution in [0.15, 0.2) is 182 Å². The van der Waals surface area contributed by atoms with E-state index in [-0.39, 0.29) is 21.7 Å². The van der Waals surface area contributed by atoms with E-state index in [0.717, 1.165) is 72.4 Å². The first-order chi connectivity index (χ1) is 38.9. The zero-order chi connectivity index (χ0) is 57.8. The molecule has 0 aliphatic heterocycles. The van der Waals surface area contributed by atoms with Gasteiger partial charge in [0.2, 0.25) is 0 Å². The third-order valence-corrected chi connectivity index (χ3v) is 16.5. The maximum Gasteiger partial charge on any atom is 0.164 e. The number of nitriles is 1. The highest BCUT2D eigenvalue weighted by Crippen LogP contribution is 2.45. The van der Waals surface area contributed by atoms with E-state index in [9.17, 15) is 5.26 Å². The SMILES string of the molecule is Cc1ccc2c(c1)c1ccccc1n2-c1ccc(-c2nc(-c3cc(C(C)(C)C)cc(C(C)(C)C)c3)nc(-c3cc(C(C)(C)C)cc(C(C)(C)C)c3)n2)cc1-c1ccc(-c2cccc(C#N)c2)cc1-n1c2ccccc2c2cc(C)ccc21. The van der Waals surface area contributed by atoms with Gasteiger partial charge in [-0.2, -0.15) is 5.26 Å². The lowest BCUT2D eigenvalue weighted by Crippen LogP contribution is -2.17. The first kappa shape index (κ1) is 53.7. The highest BCUT2D eigenvalue weighted by atomic mass is 15.0. The summed E-state index contributed by atoms with van der Waals surface area (Å²) in [5.41, 5.74) is 20.7. The Bertz CT molecular complexity index is 4420. The van der Waals surface area contributed by atoms with Gasteiger partial charge in [-0.3, -0.25) is 0 Å². The largest absolute Gasteiger partial charge is 0.309 e. The number of fused-ring (bicyclic) bond motifs is 6. The Labute approximate surface area is 483 Å². The van der Waals surface area contributed by atoms with E-state index < -0.39 is 0 Å². The highest BCUT2D eigenvalue weighted by Gasteiger charge is 2.27. The quantitative estimate of drug-likeness (QED) is 0.159. The van der Waals surface area contributed by atoms with Crippen molar-refractivity contribution in [3.8, 4) is 73.9 Å². The molecule has 12 rings (SSSR count). The lowest BCUT2D eigenvalue weighted by atomic mass is 9.79. The monoisotopic (exact) mass is 1070 g/mol. The van der Waals surface area contributed by atoms with Crippen LogP contribution in [0.4, 0.5) is 0 Å². The lowest BCUT2D eigenvalue weighted by molar-refractivity contribution is 0.568. The number of para-hydroxylation sites is 2. The van der Waals surface area contributed by atoms with Crippen LogP contribution in [0.2, 0.25) is 0 Å². The van der Waals surface area contributed by atoms with E-state index in [1.54, 1.807) is 0 Å². The van der Waals surface area contributed by atoms with Crippen LogP contribution in [-0.2, 0) is 21.7 Å². The summed E-state index contributed by atoms with van der Waals surface area (Å²) in [4.78, 5) is 16.7. The number of benzene rings is 9. The van der Waals surface area contributed by atoms with Crippen molar-refractivity contribution >= 4 is 43.6 Å². The summed E-state index contributed by atoms with van der Waals surface area (Å²) < 4.78 is 4.88. The standard InChI is InChI=1S/C76H72N6/c1-46-26-31-66-61(34-46)58-22-15-17-24-64(58)81(66)68-33-29-51(41-63(68)60-30-28-50(49-21-19-20-48(36-49)45-77)42-69(60)82-65-25-18-16-23-59(65)62-35-47(2)27-32-67(62)82)70-78-71(52-37-54(73(3,4)5)43-55(38-52)74(6,7)8)80-72(79-70)53-39-56(75(9,10)11)44-57(40-53)76(12,13)14/h15-44H,1-14H3. The summed E-state index contributed by atoms with van der Waals surface area (Å²) in [6.07, 6.45) is 0. The molecule has 0 amide bonds. The van der Waals surface area contributed by atoms with Crippen LogP contribution in [-0.4, -0.2) is 24.1 Å². The number of nitrogens with zero attached hydrogens (tertiary/aromatic N) is 6. The molecule has 3 aromatic heterocycles. The molecule has 0 fully saturated rings. The molecule has 0 aliphatic rings. The van der Waals surface area contributed by atoms with Crippen LogP contribution in [0.1, 0.15) is 122 Å². The van der Waals surface area contributed by atoms with Gasteiger partial charge in [-0.1, -0.05) is 179 Å². The number of aromatic nitrogens is 5. The Morgan fingerprint density at radius 1 is 0.329 bits per heavy atom. The predicted molar refractivity (Wildman–Crippen MR) is 345 cm³/mol. The smallest absolute Gasteiger partial charge is 0.164 e. The molecule has 406 valence electrons. The average Bonchev–Trinajstić information content (AvgIpc) is 1.99. The zero-order valence-corrected chi connectivity index (χ0v) is 50.0. The molecule has 0 bridgehead atoms. The van der Waals surface area contributed by atoms with Crippen LogP contribution < -0.4 is 0 Å². The minimum absolute atomic E-state index is 0.130. The molecule has 0 N–H and O–H groups in total. The Kier molecular flexibility index (Phi) is 12.9. The first-order valence-electron chi connectivity index (χ1n) is 28.8. The van der Waals surface area contributed by atoms with Gasteiger partial charge in [-0.25, -0.2) is 15.0 Å². The number of hydrogen-bond donors (Lipinski definition) is 0. The van der Waals surface area contributed by atoms with Crippen LogP contribution in [0.25, 0.3) is 111 Å². The van der Waals surface area contributed by atoms with Gasteiger partial charge < -0.3 is 9.13 Å². The van der Waals surface area contributed by atoms with E-state index in [2.05, 4.69) is 276 Å². The fourth-order valence-electron chi connectivity index (χ4n) is 11.7. The fourth-order valence-corrected chi connectivity index (χ4v) is 11.7. The van der Waals surface area contributed by atoms with Crippen molar-refractivity contribution in [3.05, 3.63) is 221 Å². The van der Waals surface area contributed by atoms with Crippen LogP contribution in [0.3, 0.4) is 0 Å². The second kappa shape index (κ2) is 19.7. The van der Waals surface area contributed by atoms with Crippen molar-refractivity contribution in [2.24, 2.45) is 0 Å². The maximum atomic E-state index is 10.1. The molecule has 0 saturated heterocycles. The number of hydrogen-bond acceptors (Lipinski definition) is 4. The van der Waals surface area contributed by atoms with Crippen LogP contribution in [0, 0.1) is 25.2 Å². The summed E-state index contributed by atoms with van der Waals surface area (Å²) in [5, 5.41) is 14.9. The molecule has 0 radical (unpaired) electrons. The lowest BCUT2D eigenvalue weighted by Gasteiger charge is -2.26. The molecule has 9 aromatic carbocycles. The van der Waals surface area contributed by atoms with Gasteiger partial charge in [0, 0.05) is 49.4 Å². The molecular formula is C76H72N6. The van der Waals surface area contributed by atoms with E-state index in [4.69, 9.17) is 15.0 Å². The summed E-state index contributed by atoms with van der Waals surface area (Å²) in [6.45, 7) is 31.7. The predicted octanol–water partition coefficient (Wildman–Crippen LogP) is 20.1. The van der Waals surface area contributed by atoms with Gasteiger partial charge in [0.05, 0.1) is 45.1 Å². The zero-order valence-electron chi connectivity index (χ0n) is 50.0. The van der Waals surface area contributed by atoms with Crippen molar-refractivity contribution in [3.63, 3.8) is 0 Å². The van der Waals surface area contributed by atoms with Crippen molar-refractivity contribution in [1.29, 1.82) is 5.26 Å². The van der Waals surface area contributed by atoms with Crippen LogP contribution >= 0.6 is 0 Å². The Morgan fingerprint density at radius 3 is 1.23 bits per heavy atom. The van der Waals surface area contributed by atoms with Crippen molar-refractivity contribution in [2.75, 3.05) is 0 Å². The van der Waals surface area contributed by atoms with E-state index in [1.165, 1.54) is 54.9 Å². The van der Waals surface area contributed by atoms with Gasteiger partial charge in [0.15, 0.2) is 17.5 Å². The number of aryl methyl sites for hydroxylation is 2. The van der Waals surface area contributed by atoms with Crippen LogP contribution in [0.5, 0.6) is 0 Å². The topological polar surface area (TPSA) is 72.3 Å². The second-order valence-electron chi connectivity index (χ2n) is 26.8. The molecule has 3 heterocycles. The summed E-state index contributed by atoms with van der Waals surface area (Å²) in [6, 6.07) is 68.9. The second-order valence-corrected chi connectivity index (χ2v) is 26.8. The molecule has 6 heteroatoms. The van der Waals surface area contributed by atoms with Gasteiger partial charge in [-0.15, -0.1) is 0 Å². The normalized spacial score (nSPS) is 12.5. The van der Waals surface area contributed by atoms with E-state index in [1.807, 2.05) is 18.2 Å². The fraction of sp³-hybridized carbons (Fsp3) is 0.237.